The fourth-order valence-corrected chi connectivity index (χ4v) is 3.44. The summed E-state index contributed by atoms with van der Waals surface area (Å²) in [6, 6.07) is 15.8. The van der Waals surface area contributed by atoms with Crippen LogP contribution in [0.25, 0.3) is 11.0 Å². The van der Waals surface area contributed by atoms with Gasteiger partial charge in [0.05, 0.1) is 22.7 Å². The van der Waals surface area contributed by atoms with E-state index in [2.05, 4.69) is 20.6 Å². The van der Waals surface area contributed by atoms with Gasteiger partial charge in [0.25, 0.3) is 0 Å². The van der Waals surface area contributed by atoms with Gasteiger partial charge < -0.3 is 15.6 Å². The molecule has 0 radical (unpaired) electrons. The summed E-state index contributed by atoms with van der Waals surface area (Å²) in [5, 5.41) is 14.3. The Hall–Kier alpha value is -3.66. The number of aromatic nitrogens is 2. The van der Waals surface area contributed by atoms with E-state index in [0.29, 0.717) is 17.7 Å². The van der Waals surface area contributed by atoms with Crippen molar-refractivity contribution in [2.24, 2.45) is 5.92 Å². The van der Waals surface area contributed by atoms with Crippen molar-refractivity contribution in [3.8, 4) is 6.07 Å². The van der Waals surface area contributed by atoms with Crippen molar-refractivity contribution in [1.29, 1.82) is 5.26 Å². The van der Waals surface area contributed by atoms with Gasteiger partial charge in [-0.05, 0) is 55.7 Å². The number of aromatic amines is 1. The summed E-state index contributed by atoms with van der Waals surface area (Å²) in [6.07, 6.45) is 1.29. The largest absolute Gasteiger partial charge is 0.345 e. The Kier molecular flexibility index (Phi) is 5.00. The number of benzene rings is 2. The number of imidazole rings is 1. The minimum absolute atomic E-state index is 0.143. The quantitative estimate of drug-likeness (QED) is 0.603. The van der Waals surface area contributed by atoms with Crippen molar-refractivity contribution in [2.45, 2.75) is 31.7 Å². The number of para-hydroxylation sites is 2. The molecule has 1 aliphatic rings. The van der Waals surface area contributed by atoms with Gasteiger partial charge in [0, 0.05) is 18.0 Å². The molecule has 4 rings (SSSR count). The van der Waals surface area contributed by atoms with E-state index >= 15 is 0 Å². The molecule has 146 valence electrons. The third kappa shape index (κ3) is 4.27. The fourth-order valence-electron chi connectivity index (χ4n) is 3.44. The molecule has 2 aromatic carbocycles. The van der Waals surface area contributed by atoms with Crippen molar-refractivity contribution in [3.05, 3.63) is 59.9 Å². The average Bonchev–Trinajstić information content (AvgIpc) is 3.34. The lowest BCUT2D eigenvalue weighted by atomic mass is 10.2. The number of hydrogen-bond acceptors (Lipinski definition) is 4. The number of hydrogen-bond donors (Lipinski definition) is 3. The van der Waals surface area contributed by atoms with Gasteiger partial charge in [0.15, 0.2) is 0 Å². The van der Waals surface area contributed by atoms with Crippen LogP contribution in [0.4, 0.5) is 5.69 Å². The highest BCUT2D eigenvalue weighted by atomic mass is 16.2. The number of nitrogens with zero attached hydrogens (tertiary/aromatic N) is 2. The Morgan fingerprint density at radius 2 is 2.00 bits per heavy atom. The molecule has 0 saturated heterocycles. The maximum absolute atomic E-state index is 12.3. The molecule has 1 aromatic heterocycles. The van der Waals surface area contributed by atoms with Crippen LogP contribution < -0.4 is 10.6 Å². The number of anilines is 1. The predicted octanol–water partition coefficient (Wildman–Crippen LogP) is 3.07. The van der Waals surface area contributed by atoms with Crippen molar-refractivity contribution >= 4 is 28.5 Å². The van der Waals surface area contributed by atoms with E-state index < -0.39 is 6.04 Å². The molecule has 0 spiro atoms. The summed E-state index contributed by atoms with van der Waals surface area (Å²) < 4.78 is 0. The van der Waals surface area contributed by atoms with E-state index in [1.54, 1.807) is 31.2 Å². The first-order chi connectivity index (χ1) is 14.0. The smallest absolute Gasteiger partial charge is 0.246 e. The second-order valence-electron chi connectivity index (χ2n) is 7.41. The van der Waals surface area contributed by atoms with Crippen molar-refractivity contribution < 1.29 is 9.59 Å². The van der Waals surface area contributed by atoms with Gasteiger partial charge in [-0.3, -0.25) is 9.59 Å². The van der Waals surface area contributed by atoms with Crippen LogP contribution >= 0.6 is 0 Å². The number of nitrogens with one attached hydrogen (secondary N) is 3. The third-order valence-electron chi connectivity index (χ3n) is 5.18. The summed E-state index contributed by atoms with van der Waals surface area (Å²) in [5.74, 6) is 0.986. The zero-order chi connectivity index (χ0) is 20.4. The van der Waals surface area contributed by atoms with Crippen molar-refractivity contribution in [2.75, 3.05) is 5.32 Å². The van der Waals surface area contributed by atoms with Gasteiger partial charge in [0.2, 0.25) is 11.8 Å². The molecule has 7 heteroatoms. The molecule has 0 bridgehead atoms. The van der Waals surface area contributed by atoms with Crippen LogP contribution in [0.3, 0.4) is 0 Å². The molecule has 7 nitrogen and oxygen atoms in total. The van der Waals surface area contributed by atoms with Crippen LogP contribution in [0.15, 0.2) is 48.5 Å². The number of nitriles is 1. The van der Waals surface area contributed by atoms with Crippen LogP contribution in [0.2, 0.25) is 0 Å². The van der Waals surface area contributed by atoms with E-state index in [1.165, 1.54) is 0 Å². The highest BCUT2D eigenvalue weighted by Crippen LogP contribution is 2.48. The maximum Gasteiger partial charge on any atom is 0.246 e. The fraction of sp³-hybridized carbons (Fsp3) is 0.273. The molecule has 3 aromatic rings. The molecular weight excluding hydrogens is 366 g/mol. The van der Waals surface area contributed by atoms with Gasteiger partial charge in [-0.15, -0.1) is 0 Å². The van der Waals surface area contributed by atoms with Crippen LogP contribution in [-0.2, 0) is 9.59 Å². The number of carbonyl (C=O) groups is 2. The number of H-pyrrole nitrogens is 1. The summed E-state index contributed by atoms with van der Waals surface area (Å²) in [7, 11) is 0. The SMILES string of the molecule is C[C@@H](NC(=O)C[C@@H]1C[C@@H]1c1nc2ccccc2[nH]1)C(=O)Nc1ccc(C#N)cc1. The Morgan fingerprint density at radius 1 is 1.24 bits per heavy atom. The molecule has 3 atom stereocenters. The molecule has 1 saturated carbocycles. The molecule has 2 amide bonds. The third-order valence-corrected chi connectivity index (χ3v) is 5.18. The Morgan fingerprint density at radius 3 is 2.72 bits per heavy atom. The van der Waals surface area contributed by atoms with Crippen molar-refractivity contribution in [3.63, 3.8) is 0 Å². The maximum atomic E-state index is 12.3. The summed E-state index contributed by atoms with van der Waals surface area (Å²) in [4.78, 5) is 32.6. The standard InChI is InChI=1S/C22H21N5O2/c1-13(22(29)25-16-8-6-14(12-23)7-9-16)24-20(28)11-15-10-17(15)21-26-18-4-2-3-5-19(18)27-21/h2-9,13,15,17H,10-11H2,1H3,(H,24,28)(H,25,29)(H,26,27)/t13-,15+,17+/m1/s1. The zero-order valence-corrected chi connectivity index (χ0v) is 16.0. The van der Waals surface area contributed by atoms with Crippen LogP contribution in [0, 0.1) is 17.2 Å². The predicted molar refractivity (Wildman–Crippen MR) is 109 cm³/mol. The Bertz CT molecular complexity index is 1060. The minimum atomic E-state index is -0.651. The van der Waals surface area contributed by atoms with Crippen molar-refractivity contribution in [1.82, 2.24) is 15.3 Å². The molecule has 1 heterocycles. The zero-order valence-electron chi connectivity index (χ0n) is 16.0. The topological polar surface area (TPSA) is 111 Å². The molecule has 3 N–H and O–H groups in total. The second-order valence-corrected chi connectivity index (χ2v) is 7.41. The lowest BCUT2D eigenvalue weighted by Crippen LogP contribution is -2.41. The highest BCUT2D eigenvalue weighted by molar-refractivity contribution is 5.97. The summed E-state index contributed by atoms with van der Waals surface area (Å²) in [6.45, 7) is 1.65. The van der Waals surface area contributed by atoms with Crippen LogP contribution in [-0.4, -0.2) is 27.8 Å². The van der Waals surface area contributed by atoms with Gasteiger partial charge in [-0.1, -0.05) is 12.1 Å². The summed E-state index contributed by atoms with van der Waals surface area (Å²) >= 11 is 0. The number of rotatable bonds is 6. The highest BCUT2D eigenvalue weighted by Gasteiger charge is 2.42. The van der Waals surface area contributed by atoms with Gasteiger partial charge in [0.1, 0.15) is 11.9 Å². The number of fused-ring (bicyclic) bond motifs is 1. The first-order valence-electron chi connectivity index (χ1n) is 9.58. The van der Waals surface area contributed by atoms with E-state index in [0.717, 1.165) is 23.3 Å². The molecule has 1 aliphatic carbocycles. The molecule has 0 aliphatic heterocycles. The van der Waals surface area contributed by atoms with Gasteiger partial charge in [-0.2, -0.15) is 5.26 Å². The van der Waals surface area contributed by atoms with E-state index in [9.17, 15) is 9.59 Å². The lowest BCUT2D eigenvalue weighted by Gasteiger charge is -2.14. The van der Waals surface area contributed by atoms with Gasteiger partial charge in [-0.25, -0.2) is 4.98 Å². The Labute approximate surface area is 168 Å². The summed E-state index contributed by atoms with van der Waals surface area (Å²) in [5.41, 5.74) is 3.05. The molecule has 1 fully saturated rings. The van der Waals surface area contributed by atoms with E-state index in [1.807, 2.05) is 30.3 Å². The molecule has 29 heavy (non-hydrogen) atoms. The van der Waals surface area contributed by atoms with Crippen LogP contribution in [0.1, 0.15) is 37.1 Å². The Balaban J connectivity index is 1.27. The van der Waals surface area contributed by atoms with Crippen LogP contribution in [0.5, 0.6) is 0 Å². The van der Waals surface area contributed by atoms with E-state index in [4.69, 9.17) is 5.26 Å². The average molecular weight is 387 g/mol. The molecular formula is C22H21N5O2. The number of carbonyl (C=O) groups excluding carboxylic acids is 2. The molecule has 0 unspecified atom stereocenters. The van der Waals surface area contributed by atoms with E-state index in [-0.39, 0.29) is 23.7 Å². The second kappa shape index (κ2) is 7.76. The normalized spacial score (nSPS) is 18.6. The van der Waals surface area contributed by atoms with Gasteiger partial charge >= 0.3 is 0 Å². The lowest BCUT2D eigenvalue weighted by molar-refractivity contribution is -0.126. The first-order valence-corrected chi connectivity index (χ1v) is 9.58. The minimum Gasteiger partial charge on any atom is -0.345 e. The first kappa shape index (κ1) is 18.7. The monoisotopic (exact) mass is 387 g/mol. The number of amides is 2.